The van der Waals surface area contributed by atoms with E-state index in [0.717, 1.165) is 38.0 Å². The summed E-state index contributed by atoms with van der Waals surface area (Å²) in [5.41, 5.74) is 1.44. The maximum atomic E-state index is 12.2. The van der Waals surface area contributed by atoms with Gasteiger partial charge in [0.15, 0.2) is 0 Å². The summed E-state index contributed by atoms with van der Waals surface area (Å²) in [5, 5.41) is 10.2. The van der Waals surface area contributed by atoms with Crippen LogP contribution in [0, 0.1) is 6.92 Å². The van der Waals surface area contributed by atoms with Crippen LogP contribution in [-0.4, -0.2) is 47.2 Å². The van der Waals surface area contributed by atoms with Crippen LogP contribution in [-0.2, 0) is 0 Å². The lowest BCUT2D eigenvalue weighted by Crippen LogP contribution is -2.37. The lowest BCUT2D eigenvalue weighted by molar-refractivity contribution is 0.0714. The number of aromatic amines is 1. The Kier molecular flexibility index (Phi) is 3.78. The number of amides is 1. The van der Waals surface area contributed by atoms with Crippen LogP contribution in [0.1, 0.15) is 35.4 Å². The van der Waals surface area contributed by atoms with Crippen molar-refractivity contribution < 1.29 is 4.79 Å². The molecule has 0 bridgehead atoms. The number of carbonyl (C=O) groups excluding carboxylic acids is 1. The highest BCUT2D eigenvalue weighted by Gasteiger charge is 2.23. The van der Waals surface area contributed by atoms with Gasteiger partial charge in [0, 0.05) is 18.8 Å². The van der Waals surface area contributed by atoms with Gasteiger partial charge in [0.05, 0.1) is 0 Å². The quantitative estimate of drug-likeness (QED) is 0.803. The Morgan fingerprint density at radius 2 is 2.29 bits per heavy atom. The highest BCUT2D eigenvalue weighted by atomic mass is 16.2. The first-order chi connectivity index (χ1) is 8.18. The Hall–Kier alpha value is -1.36. The van der Waals surface area contributed by atoms with Crippen molar-refractivity contribution in [2.24, 2.45) is 0 Å². The predicted octanol–water partition coefficient (Wildman–Crippen LogP) is 0.932. The summed E-state index contributed by atoms with van der Waals surface area (Å²) >= 11 is 0. The standard InChI is InChI=1S/C12H20N4O/c1-9-8-11(15-14-9)12(17)16(2)10-4-3-6-13-7-5-10/h8,10,13H,3-7H2,1-2H3,(H,14,15). The zero-order valence-electron chi connectivity index (χ0n) is 10.5. The van der Waals surface area contributed by atoms with Crippen molar-refractivity contribution in [3.05, 3.63) is 17.5 Å². The average Bonchev–Trinajstić information content (AvgIpc) is 2.60. The minimum absolute atomic E-state index is 0.0150. The van der Waals surface area contributed by atoms with Gasteiger partial charge in [-0.3, -0.25) is 9.89 Å². The van der Waals surface area contributed by atoms with Gasteiger partial charge in [-0.2, -0.15) is 5.10 Å². The fraction of sp³-hybridized carbons (Fsp3) is 0.667. The number of carbonyl (C=O) groups is 1. The van der Waals surface area contributed by atoms with E-state index in [4.69, 9.17) is 0 Å². The predicted molar refractivity (Wildman–Crippen MR) is 65.9 cm³/mol. The van der Waals surface area contributed by atoms with Gasteiger partial charge >= 0.3 is 0 Å². The van der Waals surface area contributed by atoms with E-state index in [2.05, 4.69) is 15.5 Å². The smallest absolute Gasteiger partial charge is 0.274 e. The lowest BCUT2D eigenvalue weighted by atomic mass is 10.1. The summed E-state index contributed by atoms with van der Waals surface area (Å²) in [6.45, 7) is 3.95. The lowest BCUT2D eigenvalue weighted by Gasteiger charge is -2.26. The zero-order chi connectivity index (χ0) is 12.3. The third kappa shape index (κ3) is 2.85. The van der Waals surface area contributed by atoms with Gasteiger partial charge < -0.3 is 10.2 Å². The molecule has 5 heteroatoms. The summed E-state index contributed by atoms with van der Waals surface area (Å²) in [4.78, 5) is 14.0. The maximum absolute atomic E-state index is 12.2. The van der Waals surface area contributed by atoms with Crippen molar-refractivity contribution in [1.29, 1.82) is 0 Å². The van der Waals surface area contributed by atoms with Crippen LogP contribution in [0.15, 0.2) is 6.07 Å². The molecule has 1 fully saturated rings. The number of nitrogens with one attached hydrogen (secondary N) is 2. The Bertz CT molecular complexity index is 380. The number of hydrogen-bond acceptors (Lipinski definition) is 3. The van der Waals surface area contributed by atoms with Crippen molar-refractivity contribution >= 4 is 5.91 Å². The van der Waals surface area contributed by atoms with Crippen LogP contribution in [0.4, 0.5) is 0 Å². The van der Waals surface area contributed by atoms with Crippen LogP contribution in [0.25, 0.3) is 0 Å². The molecule has 1 aliphatic heterocycles. The molecule has 94 valence electrons. The van der Waals surface area contributed by atoms with E-state index < -0.39 is 0 Å². The second kappa shape index (κ2) is 5.31. The molecule has 1 aliphatic rings. The molecule has 2 heterocycles. The van der Waals surface area contributed by atoms with Crippen molar-refractivity contribution in [3.8, 4) is 0 Å². The molecule has 1 saturated heterocycles. The highest BCUT2D eigenvalue weighted by molar-refractivity contribution is 5.92. The topological polar surface area (TPSA) is 61.0 Å². The second-order valence-electron chi connectivity index (χ2n) is 4.69. The summed E-state index contributed by atoms with van der Waals surface area (Å²) < 4.78 is 0. The molecule has 1 aromatic rings. The van der Waals surface area contributed by atoms with E-state index >= 15 is 0 Å². The van der Waals surface area contributed by atoms with Crippen molar-refractivity contribution in [3.63, 3.8) is 0 Å². The molecular formula is C12H20N4O. The third-order valence-corrected chi connectivity index (χ3v) is 3.34. The number of aromatic nitrogens is 2. The molecule has 2 N–H and O–H groups in total. The summed E-state index contributed by atoms with van der Waals surface area (Å²) in [7, 11) is 1.88. The number of rotatable bonds is 2. The van der Waals surface area contributed by atoms with Gasteiger partial charge in [-0.05, 0) is 45.3 Å². The maximum Gasteiger partial charge on any atom is 0.274 e. The van der Waals surface area contributed by atoms with E-state index in [1.165, 1.54) is 0 Å². The average molecular weight is 236 g/mol. The third-order valence-electron chi connectivity index (χ3n) is 3.34. The van der Waals surface area contributed by atoms with Gasteiger partial charge in [0.1, 0.15) is 5.69 Å². The fourth-order valence-electron chi connectivity index (χ4n) is 2.26. The number of aryl methyl sites for hydroxylation is 1. The molecule has 0 aliphatic carbocycles. The van der Waals surface area contributed by atoms with Gasteiger partial charge in [-0.15, -0.1) is 0 Å². The molecule has 0 aromatic carbocycles. The highest BCUT2D eigenvalue weighted by Crippen LogP contribution is 2.14. The van der Waals surface area contributed by atoms with E-state index in [9.17, 15) is 4.79 Å². The number of hydrogen-bond donors (Lipinski definition) is 2. The SMILES string of the molecule is Cc1cc(C(=O)N(C)C2CCCNCC2)n[nH]1. The van der Waals surface area contributed by atoms with E-state index in [1.54, 1.807) is 6.07 Å². The molecule has 1 unspecified atom stereocenters. The van der Waals surface area contributed by atoms with Crippen molar-refractivity contribution in [2.45, 2.75) is 32.2 Å². The van der Waals surface area contributed by atoms with E-state index in [0.29, 0.717) is 11.7 Å². The molecule has 1 atom stereocenters. The molecule has 5 nitrogen and oxygen atoms in total. The first kappa shape index (κ1) is 12.1. The molecule has 0 radical (unpaired) electrons. The van der Waals surface area contributed by atoms with Gasteiger partial charge in [-0.1, -0.05) is 0 Å². The Morgan fingerprint density at radius 1 is 1.47 bits per heavy atom. The molecule has 0 saturated carbocycles. The molecule has 1 amide bonds. The zero-order valence-corrected chi connectivity index (χ0v) is 10.5. The molecular weight excluding hydrogens is 216 g/mol. The summed E-state index contributed by atoms with van der Waals surface area (Å²) in [6, 6.07) is 2.13. The molecule has 0 spiro atoms. The van der Waals surface area contributed by atoms with E-state index in [1.807, 2.05) is 18.9 Å². The van der Waals surface area contributed by atoms with Gasteiger partial charge in [-0.25, -0.2) is 0 Å². The first-order valence-electron chi connectivity index (χ1n) is 6.18. The van der Waals surface area contributed by atoms with Crippen molar-refractivity contribution in [1.82, 2.24) is 20.4 Å². The van der Waals surface area contributed by atoms with E-state index in [-0.39, 0.29) is 5.91 Å². The molecule has 1 aromatic heterocycles. The Labute approximate surface area is 102 Å². The summed E-state index contributed by atoms with van der Waals surface area (Å²) in [5.74, 6) is 0.0150. The number of nitrogens with zero attached hydrogens (tertiary/aromatic N) is 2. The molecule has 2 rings (SSSR count). The van der Waals surface area contributed by atoms with Crippen LogP contribution in [0.5, 0.6) is 0 Å². The Morgan fingerprint density at radius 3 is 3.00 bits per heavy atom. The minimum Gasteiger partial charge on any atom is -0.337 e. The summed E-state index contributed by atoms with van der Waals surface area (Å²) in [6.07, 6.45) is 3.21. The molecule has 17 heavy (non-hydrogen) atoms. The largest absolute Gasteiger partial charge is 0.337 e. The first-order valence-corrected chi connectivity index (χ1v) is 6.18. The van der Waals surface area contributed by atoms with Crippen LogP contribution in [0.3, 0.4) is 0 Å². The number of H-pyrrole nitrogens is 1. The minimum atomic E-state index is 0.0150. The Balaban J connectivity index is 2.03. The monoisotopic (exact) mass is 236 g/mol. The van der Waals surface area contributed by atoms with Crippen LogP contribution in [0.2, 0.25) is 0 Å². The normalized spacial score (nSPS) is 20.9. The van der Waals surface area contributed by atoms with Crippen LogP contribution < -0.4 is 5.32 Å². The van der Waals surface area contributed by atoms with Crippen LogP contribution >= 0.6 is 0 Å². The van der Waals surface area contributed by atoms with Gasteiger partial charge in [0.2, 0.25) is 0 Å². The second-order valence-corrected chi connectivity index (χ2v) is 4.69. The van der Waals surface area contributed by atoms with Gasteiger partial charge in [0.25, 0.3) is 5.91 Å². The van der Waals surface area contributed by atoms with Crippen molar-refractivity contribution in [2.75, 3.05) is 20.1 Å². The fourth-order valence-corrected chi connectivity index (χ4v) is 2.26.